The van der Waals surface area contributed by atoms with Gasteiger partial charge in [0.2, 0.25) is 0 Å². The molecule has 0 saturated carbocycles. The van der Waals surface area contributed by atoms with E-state index in [1.54, 1.807) is 23.9 Å². The van der Waals surface area contributed by atoms with E-state index in [9.17, 15) is 9.59 Å². The van der Waals surface area contributed by atoms with Crippen LogP contribution in [0.15, 0.2) is 47.6 Å². The SMILES string of the molecule is CSc1ccc(C(=O)Nc2cnccc2C(=O)O)cc1. The normalized spacial score (nSPS) is 10.1. The lowest BCUT2D eigenvalue weighted by Gasteiger charge is -2.08. The minimum Gasteiger partial charge on any atom is -0.478 e. The first-order valence-corrected chi connectivity index (χ1v) is 6.97. The van der Waals surface area contributed by atoms with Gasteiger partial charge in [-0.15, -0.1) is 11.8 Å². The number of amides is 1. The van der Waals surface area contributed by atoms with Crippen LogP contribution in [-0.2, 0) is 0 Å². The van der Waals surface area contributed by atoms with Crippen LogP contribution in [0.5, 0.6) is 0 Å². The van der Waals surface area contributed by atoms with E-state index in [0.717, 1.165) is 4.90 Å². The average molecular weight is 288 g/mol. The van der Waals surface area contributed by atoms with Gasteiger partial charge in [0.1, 0.15) is 0 Å². The lowest BCUT2D eigenvalue weighted by molar-refractivity contribution is 0.0698. The number of hydrogen-bond donors (Lipinski definition) is 2. The second-order valence-corrected chi connectivity index (χ2v) is 4.79. The molecular formula is C14H12N2O3S. The molecule has 1 aromatic heterocycles. The van der Waals surface area contributed by atoms with Crippen molar-refractivity contribution in [2.75, 3.05) is 11.6 Å². The van der Waals surface area contributed by atoms with Crippen LogP contribution < -0.4 is 5.32 Å². The van der Waals surface area contributed by atoms with Crippen molar-refractivity contribution in [2.45, 2.75) is 4.90 Å². The Morgan fingerprint density at radius 1 is 1.20 bits per heavy atom. The number of benzene rings is 1. The molecule has 0 saturated heterocycles. The maximum absolute atomic E-state index is 12.0. The number of carbonyl (C=O) groups is 2. The highest BCUT2D eigenvalue weighted by atomic mass is 32.2. The monoisotopic (exact) mass is 288 g/mol. The molecule has 20 heavy (non-hydrogen) atoms. The summed E-state index contributed by atoms with van der Waals surface area (Å²) in [5.41, 5.74) is 0.649. The van der Waals surface area contributed by atoms with E-state index in [1.165, 1.54) is 18.5 Å². The molecule has 0 aliphatic carbocycles. The zero-order valence-corrected chi connectivity index (χ0v) is 11.5. The number of rotatable bonds is 4. The van der Waals surface area contributed by atoms with Gasteiger partial charge in [-0.1, -0.05) is 0 Å². The third-order valence-corrected chi connectivity index (χ3v) is 3.40. The summed E-state index contributed by atoms with van der Waals surface area (Å²) < 4.78 is 0. The Morgan fingerprint density at radius 3 is 2.50 bits per heavy atom. The zero-order valence-electron chi connectivity index (χ0n) is 10.7. The fraction of sp³-hybridized carbons (Fsp3) is 0.0714. The van der Waals surface area contributed by atoms with E-state index < -0.39 is 5.97 Å². The molecule has 2 N–H and O–H groups in total. The van der Waals surface area contributed by atoms with Crippen molar-refractivity contribution in [2.24, 2.45) is 0 Å². The van der Waals surface area contributed by atoms with Gasteiger partial charge in [-0.2, -0.15) is 0 Å². The molecule has 0 aliphatic rings. The van der Waals surface area contributed by atoms with Gasteiger partial charge in [-0.25, -0.2) is 4.79 Å². The average Bonchev–Trinajstić information content (AvgIpc) is 2.47. The number of aromatic nitrogens is 1. The third kappa shape index (κ3) is 3.16. The largest absolute Gasteiger partial charge is 0.478 e. The molecule has 5 nitrogen and oxygen atoms in total. The Balaban J connectivity index is 2.21. The molecule has 1 amide bonds. The van der Waals surface area contributed by atoms with Crippen LogP contribution in [-0.4, -0.2) is 28.2 Å². The summed E-state index contributed by atoms with van der Waals surface area (Å²) in [7, 11) is 0. The Hall–Kier alpha value is -2.34. The Morgan fingerprint density at radius 2 is 1.90 bits per heavy atom. The molecule has 0 aliphatic heterocycles. The summed E-state index contributed by atoms with van der Waals surface area (Å²) in [6.07, 6.45) is 4.63. The molecular weight excluding hydrogens is 276 g/mol. The van der Waals surface area contributed by atoms with Crippen molar-refractivity contribution < 1.29 is 14.7 Å². The minimum absolute atomic E-state index is 0.00841. The first kappa shape index (κ1) is 14.1. The maximum atomic E-state index is 12.0. The van der Waals surface area contributed by atoms with Gasteiger partial charge < -0.3 is 10.4 Å². The lowest BCUT2D eigenvalue weighted by atomic mass is 10.2. The van der Waals surface area contributed by atoms with Crippen LogP contribution in [0.1, 0.15) is 20.7 Å². The molecule has 0 bridgehead atoms. The standard InChI is InChI=1S/C14H12N2O3S/c1-20-10-4-2-9(3-5-10)13(17)16-12-8-15-7-6-11(12)14(18)19/h2-8H,1H3,(H,16,17)(H,18,19). The third-order valence-electron chi connectivity index (χ3n) is 2.65. The molecule has 0 spiro atoms. The van der Waals surface area contributed by atoms with Crippen LogP contribution in [0.2, 0.25) is 0 Å². The van der Waals surface area contributed by atoms with Gasteiger partial charge in [-0.05, 0) is 36.6 Å². The maximum Gasteiger partial charge on any atom is 0.337 e. The number of nitrogens with one attached hydrogen (secondary N) is 1. The van der Waals surface area contributed by atoms with Crippen molar-refractivity contribution in [3.8, 4) is 0 Å². The molecule has 0 radical (unpaired) electrons. The minimum atomic E-state index is -1.11. The van der Waals surface area contributed by atoms with Crippen molar-refractivity contribution >= 4 is 29.3 Å². The summed E-state index contributed by atoms with van der Waals surface area (Å²) in [6, 6.07) is 8.40. The van der Waals surface area contributed by atoms with Gasteiger partial charge in [0.05, 0.1) is 17.4 Å². The molecule has 1 heterocycles. The van der Waals surface area contributed by atoms with Gasteiger partial charge >= 0.3 is 5.97 Å². The highest BCUT2D eigenvalue weighted by Crippen LogP contribution is 2.17. The van der Waals surface area contributed by atoms with E-state index in [1.807, 2.05) is 18.4 Å². The van der Waals surface area contributed by atoms with Crippen molar-refractivity contribution in [1.29, 1.82) is 0 Å². The van der Waals surface area contributed by atoms with Crippen LogP contribution in [0.3, 0.4) is 0 Å². The molecule has 6 heteroatoms. The first-order valence-electron chi connectivity index (χ1n) is 5.74. The van der Waals surface area contributed by atoms with E-state index >= 15 is 0 Å². The number of thioether (sulfide) groups is 1. The molecule has 1 aromatic carbocycles. The summed E-state index contributed by atoms with van der Waals surface area (Å²) in [5.74, 6) is -1.48. The number of carbonyl (C=O) groups excluding carboxylic acids is 1. The van der Waals surface area contributed by atoms with E-state index in [-0.39, 0.29) is 17.2 Å². The van der Waals surface area contributed by atoms with Crippen molar-refractivity contribution in [3.05, 3.63) is 53.9 Å². The van der Waals surface area contributed by atoms with Crippen LogP contribution >= 0.6 is 11.8 Å². The number of pyridine rings is 1. The smallest absolute Gasteiger partial charge is 0.337 e. The van der Waals surface area contributed by atoms with Crippen LogP contribution in [0.25, 0.3) is 0 Å². The Kier molecular flexibility index (Phi) is 4.37. The number of nitrogens with zero attached hydrogens (tertiary/aromatic N) is 1. The van der Waals surface area contributed by atoms with Gasteiger partial charge in [0.15, 0.2) is 0 Å². The number of carboxylic acid groups (broad SMARTS) is 1. The van der Waals surface area contributed by atoms with Gasteiger partial charge in [-0.3, -0.25) is 9.78 Å². The molecule has 0 atom stereocenters. The number of anilines is 1. The Labute approximate surface area is 120 Å². The fourth-order valence-corrected chi connectivity index (χ4v) is 2.03. The molecule has 0 fully saturated rings. The first-order chi connectivity index (χ1) is 9.61. The van der Waals surface area contributed by atoms with Crippen LogP contribution in [0.4, 0.5) is 5.69 Å². The number of carboxylic acids is 1. The molecule has 0 unspecified atom stereocenters. The molecule has 2 aromatic rings. The van der Waals surface area contributed by atoms with Crippen LogP contribution in [0, 0.1) is 0 Å². The second kappa shape index (κ2) is 6.21. The zero-order chi connectivity index (χ0) is 14.5. The highest BCUT2D eigenvalue weighted by molar-refractivity contribution is 7.98. The predicted molar refractivity (Wildman–Crippen MR) is 77.4 cm³/mol. The molecule has 2 rings (SSSR count). The summed E-state index contributed by atoms with van der Waals surface area (Å²) in [4.78, 5) is 28.0. The van der Waals surface area contributed by atoms with E-state index in [0.29, 0.717) is 5.56 Å². The highest BCUT2D eigenvalue weighted by Gasteiger charge is 2.13. The lowest BCUT2D eigenvalue weighted by Crippen LogP contribution is -2.15. The summed E-state index contributed by atoms with van der Waals surface area (Å²) >= 11 is 1.58. The number of aromatic carboxylic acids is 1. The van der Waals surface area contributed by atoms with E-state index in [2.05, 4.69) is 10.3 Å². The Bertz CT molecular complexity index is 641. The second-order valence-electron chi connectivity index (χ2n) is 3.91. The van der Waals surface area contributed by atoms with Crippen molar-refractivity contribution in [3.63, 3.8) is 0 Å². The predicted octanol–water partition coefficient (Wildman–Crippen LogP) is 2.75. The summed E-state index contributed by atoms with van der Waals surface area (Å²) in [6.45, 7) is 0. The molecule has 102 valence electrons. The quantitative estimate of drug-likeness (QED) is 0.846. The number of hydrogen-bond acceptors (Lipinski definition) is 4. The van der Waals surface area contributed by atoms with Gasteiger partial charge in [0.25, 0.3) is 5.91 Å². The fourth-order valence-electron chi connectivity index (χ4n) is 1.62. The van der Waals surface area contributed by atoms with Gasteiger partial charge in [0, 0.05) is 16.7 Å². The summed E-state index contributed by atoms with van der Waals surface area (Å²) in [5, 5.41) is 11.6. The topological polar surface area (TPSA) is 79.3 Å². The van der Waals surface area contributed by atoms with Crippen molar-refractivity contribution in [1.82, 2.24) is 4.98 Å². The van der Waals surface area contributed by atoms with E-state index in [4.69, 9.17) is 5.11 Å².